The summed E-state index contributed by atoms with van der Waals surface area (Å²) in [4.78, 5) is 12.3. The van der Waals surface area contributed by atoms with E-state index in [2.05, 4.69) is 26.1 Å². The molecule has 7 heteroatoms. The van der Waals surface area contributed by atoms with Crippen LogP contribution >= 0.6 is 0 Å². The second kappa shape index (κ2) is 9.31. The van der Waals surface area contributed by atoms with E-state index in [1.165, 1.54) is 0 Å². The van der Waals surface area contributed by atoms with E-state index in [0.29, 0.717) is 12.3 Å². The minimum atomic E-state index is -3.60. The van der Waals surface area contributed by atoms with Crippen LogP contribution in [0.1, 0.15) is 31.9 Å². The van der Waals surface area contributed by atoms with Crippen molar-refractivity contribution >= 4 is 21.6 Å². The van der Waals surface area contributed by atoms with Crippen molar-refractivity contribution in [3.8, 4) is 5.75 Å². The number of ether oxygens (including phenoxy) is 1. The fraction of sp³-hybridized carbons (Fsp3) is 0.409. The van der Waals surface area contributed by atoms with Crippen LogP contribution in [-0.4, -0.2) is 40.3 Å². The van der Waals surface area contributed by atoms with Crippen LogP contribution in [0, 0.1) is 6.92 Å². The SMILES string of the molecule is Cc1cccc(OCCNC(=O)CN(c2ccc(C(C)(C)C)cc2)S(C)(=O)=O)c1. The number of hydrogen-bond donors (Lipinski definition) is 1. The van der Waals surface area contributed by atoms with Gasteiger partial charge >= 0.3 is 0 Å². The van der Waals surface area contributed by atoms with Gasteiger partial charge in [0.2, 0.25) is 15.9 Å². The van der Waals surface area contributed by atoms with Gasteiger partial charge in [-0.25, -0.2) is 8.42 Å². The molecule has 0 heterocycles. The standard InChI is InChI=1S/C22H30N2O4S/c1-17-7-6-8-20(15-17)28-14-13-23-21(25)16-24(29(5,26)27)19-11-9-18(10-12-19)22(2,3)4/h6-12,15H,13-14,16H2,1-5H3,(H,23,25). The lowest BCUT2D eigenvalue weighted by atomic mass is 9.87. The Kier molecular flexibility index (Phi) is 7.30. The summed E-state index contributed by atoms with van der Waals surface area (Å²) < 4.78 is 31.1. The molecule has 29 heavy (non-hydrogen) atoms. The summed E-state index contributed by atoms with van der Waals surface area (Å²) >= 11 is 0. The van der Waals surface area contributed by atoms with Crippen LogP contribution in [0.4, 0.5) is 5.69 Å². The highest BCUT2D eigenvalue weighted by atomic mass is 32.2. The lowest BCUT2D eigenvalue weighted by Crippen LogP contribution is -2.41. The highest BCUT2D eigenvalue weighted by Crippen LogP contribution is 2.25. The summed E-state index contributed by atoms with van der Waals surface area (Å²) in [6.07, 6.45) is 1.10. The minimum absolute atomic E-state index is 0.0386. The first-order valence-electron chi connectivity index (χ1n) is 9.51. The van der Waals surface area contributed by atoms with Crippen molar-refractivity contribution in [1.82, 2.24) is 5.32 Å². The normalized spacial score (nSPS) is 11.8. The molecule has 0 radical (unpaired) electrons. The van der Waals surface area contributed by atoms with E-state index in [1.807, 2.05) is 43.3 Å². The van der Waals surface area contributed by atoms with Crippen molar-refractivity contribution in [3.05, 3.63) is 59.7 Å². The molecule has 158 valence electrons. The van der Waals surface area contributed by atoms with E-state index < -0.39 is 10.0 Å². The Balaban J connectivity index is 1.95. The zero-order valence-corrected chi connectivity index (χ0v) is 18.5. The number of hydrogen-bond acceptors (Lipinski definition) is 4. The molecule has 6 nitrogen and oxygen atoms in total. The summed E-state index contributed by atoms with van der Waals surface area (Å²) in [5.41, 5.74) is 2.61. The molecule has 2 aromatic carbocycles. The summed E-state index contributed by atoms with van der Waals surface area (Å²) in [5.74, 6) is 0.346. The van der Waals surface area contributed by atoms with Gasteiger partial charge in [-0.05, 0) is 47.7 Å². The van der Waals surface area contributed by atoms with Crippen molar-refractivity contribution in [2.24, 2.45) is 0 Å². The smallest absolute Gasteiger partial charge is 0.240 e. The van der Waals surface area contributed by atoms with Gasteiger partial charge in [-0.15, -0.1) is 0 Å². The molecule has 0 aliphatic heterocycles. The van der Waals surface area contributed by atoms with Gasteiger partial charge in [0.05, 0.1) is 18.5 Å². The molecule has 0 atom stereocenters. The number of anilines is 1. The quantitative estimate of drug-likeness (QED) is 0.668. The van der Waals surface area contributed by atoms with E-state index in [9.17, 15) is 13.2 Å². The van der Waals surface area contributed by atoms with Crippen LogP contribution in [0.3, 0.4) is 0 Å². The molecule has 2 aromatic rings. The molecule has 0 saturated carbocycles. The molecule has 1 amide bonds. The summed E-state index contributed by atoms with van der Waals surface area (Å²) in [7, 11) is -3.60. The molecule has 0 saturated heterocycles. The number of carbonyl (C=O) groups excluding carboxylic acids is 1. The van der Waals surface area contributed by atoms with Crippen LogP contribution in [0.5, 0.6) is 5.75 Å². The van der Waals surface area contributed by atoms with E-state index in [-0.39, 0.29) is 24.4 Å². The van der Waals surface area contributed by atoms with Gasteiger partial charge in [-0.3, -0.25) is 9.10 Å². The molecule has 0 aliphatic carbocycles. The van der Waals surface area contributed by atoms with Crippen molar-refractivity contribution in [1.29, 1.82) is 0 Å². The average molecular weight is 419 g/mol. The van der Waals surface area contributed by atoms with Crippen LogP contribution in [0.2, 0.25) is 0 Å². The molecule has 0 unspecified atom stereocenters. The second-order valence-corrected chi connectivity index (χ2v) is 9.99. The predicted octanol–water partition coefficient (Wildman–Crippen LogP) is 3.25. The third-order valence-electron chi connectivity index (χ3n) is 4.39. The molecule has 0 aliphatic rings. The number of nitrogens with one attached hydrogen (secondary N) is 1. The Morgan fingerprint density at radius 3 is 2.31 bits per heavy atom. The van der Waals surface area contributed by atoms with Gasteiger partial charge < -0.3 is 10.1 Å². The summed E-state index contributed by atoms with van der Waals surface area (Å²) in [6.45, 7) is 8.54. The van der Waals surface area contributed by atoms with Gasteiger partial charge in [0.1, 0.15) is 18.9 Å². The number of nitrogens with zero attached hydrogens (tertiary/aromatic N) is 1. The number of benzene rings is 2. The minimum Gasteiger partial charge on any atom is -0.492 e. The van der Waals surface area contributed by atoms with E-state index in [4.69, 9.17) is 4.74 Å². The van der Waals surface area contributed by atoms with Crippen LogP contribution < -0.4 is 14.4 Å². The number of rotatable bonds is 8. The molecule has 0 spiro atoms. The zero-order chi connectivity index (χ0) is 21.7. The fourth-order valence-electron chi connectivity index (χ4n) is 2.78. The lowest BCUT2D eigenvalue weighted by Gasteiger charge is -2.24. The molecule has 0 fully saturated rings. The average Bonchev–Trinajstić information content (AvgIpc) is 2.62. The van der Waals surface area contributed by atoms with Crippen molar-refractivity contribution < 1.29 is 17.9 Å². The maximum absolute atomic E-state index is 12.3. The van der Waals surface area contributed by atoms with Crippen LogP contribution in [0.15, 0.2) is 48.5 Å². The Bertz CT molecular complexity index is 932. The third kappa shape index (κ3) is 7.09. The van der Waals surface area contributed by atoms with E-state index >= 15 is 0 Å². The number of carbonyl (C=O) groups is 1. The Labute approximate surface area is 173 Å². The van der Waals surface area contributed by atoms with Crippen molar-refractivity contribution in [2.75, 3.05) is 30.3 Å². The predicted molar refractivity (Wildman–Crippen MR) is 117 cm³/mol. The Morgan fingerprint density at radius 1 is 1.10 bits per heavy atom. The molecular formula is C22H30N2O4S. The van der Waals surface area contributed by atoms with Gasteiger partial charge in [-0.2, -0.15) is 0 Å². The molecule has 0 bridgehead atoms. The third-order valence-corrected chi connectivity index (χ3v) is 5.53. The molecule has 2 rings (SSSR count). The number of aryl methyl sites for hydroxylation is 1. The summed E-state index contributed by atoms with van der Waals surface area (Å²) in [5, 5.41) is 2.71. The highest BCUT2D eigenvalue weighted by Gasteiger charge is 2.21. The first kappa shape index (κ1) is 22.7. The maximum Gasteiger partial charge on any atom is 0.240 e. The molecular weight excluding hydrogens is 388 g/mol. The number of sulfonamides is 1. The molecule has 0 aromatic heterocycles. The highest BCUT2D eigenvalue weighted by molar-refractivity contribution is 7.92. The maximum atomic E-state index is 12.3. The first-order chi connectivity index (χ1) is 13.5. The van der Waals surface area contributed by atoms with Gasteiger partial charge in [0.25, 0.3) is 0 Å². The van der Waals surface area contributed by atoms with Crippen LogP contribution in [0.25, 0.3) is 0 Å². The monoisotopic (exact) mass is 418 g/mol. The largest absolute Gasteiger partial charge is 0.492 e. The Hall–Kier alpha value is -2.54. The first-order valence-corrected chi connectivity index (χ1v) is 11.4. The van der Waals surface area contributed by atoms with Gasteiger partial charge in [-0.1, -0.05) is 45.0 Å². The number of amides is 1. The topological polar surface area (TPSA) is 75.7 Å². The van der Waals surface area contributed by atoms with E-state index in [1.54, 1.807) is 12.1 Å². The van der Waals surface area contributed by atoms with Crippen molar-refractivity contribution in [2.45, 2.75) is 33.1 Å². The zero-order valence-electron chi connectivity index (χ0n) is 17.7. The fourth-order valence-corrected chi connectivity index (χ4v) is 3.63. The van der Waals surface area contributed by atoms with Crippen molar-refractivity contribution in [3.63, 3.8) is 0 Å². The Morgan fingerprint density at radius 2 is 1.76 bits per heavy atom. The second-order valence-electron chi connectivity index (χ2n) is 8.08. The van der Waals surface area contributed by atoms with Gasteiger partial charge in [0.15, 0.2) is 0 Å². The lowest BCUT2D eigenvalue weighted by molar-refractivity contribution is -0.119. The molecule has 1 N–H and O–H groups in total. The van der Waals surface area contributed by atoms with Crippen LogP contribution in [-0.2, 0) is 20.2 Å². The summed E-state index contributed by atoms with van der Waals surface area (Å²) in [6, 6.07) is 14.9. The van der Waals surface area contributed by atoms with Gasteiger partial charge in [0, 0.05) is 0 Å². The van der Waals surface area contributed by atoms with E-state index in [0.717, 1.165) is 27.4 Å².